The maximum absolute atomic E-state index is 12.7. The molecule has 0 aliphatic carbocycles. The van der Waals surface area contributed by atoms with Crippen LogP contribution in [0.1, 0.15) is 251 Å². The number of carboxylic acid groups (broad SMARTS) is 1. The van der Waals surface area contributed by atoms with Crippen molar-refractivity contribution in [3.63, 3.8) is 0 Å². The van der Waals surface area contributed by atoms with Crippen LogP contribution in [-0.2, 0) is 19.1 Å². The molecule has 0 aromatic carbocycles. The standard InChI is InChI=1S/C47H90N2O5/c1-3-5-7-9-11-12-13-14-15-16-17-18-19-20-21-22-23-24-25-26-27-29-35-41-46(51)54-43(37-32-28-10-8-6-4-2)38-33-30-31-34-40-45(50)49-44(47(52)53)39-36-42-48/h16-17,43-44H,3-15,18-42,48H2,1-2H3,(H,49,50)(H,52,53)/b17-16-. The molecule has 2 unspecified atom stereocenters. The van der Waals surface area contributed by atoms with Crippen molar-refractivity contribution in [2.75, 3.05) is 6.54 Å². The van der Waals surface area contributed by atoms with E-state index < -0.39 is 12.0 Å². The molecular weight excluding hydrogens is 673 g/mol. The number of carbonyl (C=O) groups is 3. The number of aliphatic carboxylic acids is 1. The van der Waals surface area contributed by atoms with Gasteiger partial charge < -0.3 is 20.9 Å². The van der Waals surface area contributed by atoms with Crippen LogP contribution in [0, 0.1) is 0 Å². The van der Waals surface area contributed by atoms with E-state index in [1.54, 1.807) is 0 Å². The van der Waals surface area contributed by atoms with E-state index in [0.29, 0.717) is 32.2 Å². The molecule has 0 rings (SSSR count). The fourth-order valence-electron chi connectivity index (χ4n) is 7.27. The topological polar surface area (TPSA) is 119 Å². The summed E-state index contributed by atoms with van der Waals surface area (Å²) in [5.41, 5.74) is 5.48. The summed E-state index contributed by atoms with van der Waals surface area (Å²) in [6, 6.07) is -0.861. The highest BCUT2D eigenvalue weighted by atomic mass is 16.5. The van der Waals surface area contributed by atoms with Gasteiger partial charge in [0.25, 0.3) is 0 Å². The highest BCUT2D eigenvalue weighted by molar-refractivity contribution is 5.83. The number of carbonyl (C=O) groups excluding carboxylic acids is 2. The molecule has 7 nitrogen and oxygen atoms in total. The number of unbranched alkanes of at least 4 members (excludes halogenated alkanes) is 27. The average Bonchev–Trinajstić information content (AvgIpc) is 3.16. The molecule has 1 amide bonds. The monoisotopic (exact) mass is 763 g/mol. The third-order valence-electron chi connectivity index (χ3n) is 10.8. The van der Waals surface area contributed by atoms with Crippen LogP contribution in [0.5, 0.6) is 0 Å². The first-order chi connectivity index (χ1) is 26.4. The Labute approximate surface area is 334 Å². The molecule has 4 N–H and O–H groups in total. The van der Waals surface area contributed by atoms with Gasteiger partial charge in [0.05, 0.1) is 0 Å². The quantitative estimate of drug-likeness (QED) is 0.0323. The Morgan fingerprint density at radius 2 is 0.907 bits per heavy atom. The first kappa shape index (κ1) is 52.1. The number of hydrogen-bond acceptors (Lipinski definition) is 5. The Morgan fingerprint density at radius 1 is 0.519 bits per heavy atom. The highest BCUT2D eigenvalue weighted by Gasteiger charge is 2.19. The molecule has 0 aliphatic rings. The molecular formula is C47H90N2O5. The molecule has 2 atom stereocenters. The van der Waals surface area contributed by atoms with Crippen molar-refractivity contribution < 1.29 is 24.2 Å². The average molecular weight is 763 g/mol. The Kier molecular flexibility index (Phi) is 40.8. The van der Waals surface area contributed by atoms with Gasteiger partial charge in [0.1, 0.15) is 12.1 Å². The van der Waals surface area contributed by atoms with E-state index in [9.17, 15) is 19.5 Å². The second-order valence-electron chi connectivity index (χ2n) is 16.2. The number of allylic oxidation sites excluding steroid dienone is 2. The predicted octanol–water partition coefficient (Wildman–Crippen LogP) is 13.5. The van der Waals surface area contributed by atoms with Crippen LogP contribution in [0.15, 0.2) is 12.2 Å². The van der Waals surface area contributed by atoms with Crippen LogP contribution in [0.2, 0.25) is 0 Å². The van der Waals surface area contributed by atoms with Crippen LogP contribution in [0.4, 0.5) is 0 Å². The van der Waals surface area contributed by atoms with E-state index in [4.69, 9.17) is 10.5 Å². The van der Waals surface area contributed by atoms with E-state index in [1.807, 2.05) is 0 Å². The Morgan fingerprint density at radius 3 is 1.33 bits per heavy atom. The first-order valence-electron chi connectivity index (χ1n) is 23.5. The Hall–Kier alpha value is -1.89. The molecule has 7 heteroatoms. The smallest absolute Gasteiger partial charge is 0.326 e. The number of rotatable bonds is 43. The number of esters is 1. The van der Waals surface area contributed by atoms with Crippen molar-refractivity contribution in [1.82, 2.24) is 5.32 Å². The van der Waals surface area contributed by atoms with Crippen LogP contribution in [0.25, 0.3) is 0 Å². The van der Waals surface area contributed by atoms with Gasteiger partial charge in [-0.3, -0.25) is 9.59 Å². The highest BCUT2D eigenvalue weighted by Crippen LogP contribution is 2.19. The van der Waals surface area contributed by atoms with Gasteiger partial charge in [0.15, 0.2) is 0 Å². The Balaban J connectivity index is 3.95. The number of nitrogens with two attached hydrogens (primary N) is 1. The maximum Gasteiger partial charge on any atom is 0.326 e. The van der Waals surface area contributed by atoms with Crippen LogP contribution < -0.4 is 11.1 Å². The zero-order valence-electron chi connectivity index (χ0n) is 35.8. The fraction of sp³-hybridized carbons (Fsp3) is 0.894. The van der Waals surface area contributed by atoms with E-state index in [1.165, 1.54) is 154 Å². The lowest BCUT2D eigenvalue weighted by Crippen LogP contribution is -2.40. The normalized spacial score (nSPS) is 12.6. The lowest BCUT2D eigenvalue weighted by Gasteiger charge is -2.18. The van der Waals surface area contributed by atoms with E-state index >= 15 is 0 Å². The molecule has 0 bridgehead atoms. The number of amides is 1. The predicted molar refractivity (Wildman–Crippen MR) is 230 cm³/mol. The van der Waals surface area contributed by atoms with Crippen molar-refractivity contribution in [1.29, 1.82) is 0 Å². The maximum atomic E-state index is 12.7. The summed E-state index contributed by atoms with van der Waals surface area (Å²) in [5, 5.41) is 11.9. The molecule has 0 spiro atoms. The van der Waals surface area contributed by atoms with Crippen molar-refractivity contribution in [2.24, 2.45) is 5.73 Å². The molecule has 0 aliphatic heterocycles. The third-order valence-corrected chi connectivity index (χ3v) is 10.8. The molecule has 0 aromatic heterocycles. The first-order valence-corrected chi connectivity index (χ1v) is 23.5. The van der Waals surface area contributed by atoms with Gasteiger partial charge in [-0.25, -0.2) is 4.79 Å². The zero-order valence-corrected chi connectivity index (χ0v) is 35.8. The van der Waals surface area contributed by atoms with Crippen LogP contribution >= 0.6 is 0 Å². The van der Waals surface area contributed by atoms with Crippen LogP contribution in [0.3, 0.4) is 0 Å². The lowest BCUT2D eigenvalue weighted by atomic mass is 10.0. The number of hydrogen-bond donors (Lipinski definition) is 3. The van der Waals surface area contributed by atoms with Gasteiger partial charge in [-0.1, -0.05) is 174 Å². The fourth-order valence-corrected chi connectivity index (χ4v) is 7.27. The molecule has 0 saturated heterocycles. The third kappa shape index (κ3) is 38.4. The van der Waals surface area contributed by atoms with Gasteiger partial charge in [-0.2, -0.15) is 0 Å². The summed E-state index contributed by atoms with van der Waals surface area (Å²) in [6.45, 7) is 4.93. The SMILES string of the molecule is CCCCCCCCCC/C=C\CCCCCCCCCCCCCC(=O)OC(CCCCCCCC)CCCCCCC(=O)NC(CCCN)C(=O)O. The molecule has 54 heavy (non-hydrogen) atoms. The van der Waals surface area contributed by atoms with Crippen molar-refractivity contribution in [3.05, 3.63) is 12.2 Å². The van der Waals surface area contributed by atoms with Crippen molar-refractivity contribution >= 4 is 17.8 Å². The minimum atomic E-state index is -1.01. The summed E-state index contributed by atoms with van der Waals surface area (Å²) >= 11 is 0. The summed E-state index contributed by atoms with van der Waals surface area (Å²) in [7, 11) is 0. The molecule has 318 valence electrons. The zero-order chi connectivity index (χ0) is 39.6. The number of ether oxygens (including phenoxy) is 1. The van der Waals surface area contributed by atoms with Gasteiger partial charge in [-0.15, -0.1) is 0 Å². The van der Waals surface area contributed by atoms with Gasteiger partial charge in [0, 0.05) is 12.8 Å². The second kappa shape index (κ2) is 42.3. The van der Waals surface area contributed by atoms with Gasteiger partial charge in [-0.05, 0) is 83.6 Å². The summed E-state index contributed by atoms with van der Waals surface area (Å²) < 4.78 is 6.00. The summed E-state index contributed by atoms with van der Waals surface area (Å²) in [5.74, 6) is -1.25. The molecule has 0 aromatic rings. The Bertz CT molecular complexity index is 863. The summed E-state index contributed by atoms with van der Waals surface area (Å²) in [4.78, 5) is 36.3. The number of carboxylic acids is 1. The molecule has 0 saturated carbocycles. The minimum absolute atomic E-state index is 0.00755. The van der Waals surface area contributed by atoms with E-state index in [0.717, 1.165) is 57.8 Å². The minimum Gasteiger partial charge on any atom is -0.480 e. The van der Waals surface area contributed by atoms with Gasteiger partial charge >= 0.3 is 11.9 Å². The summed E-state index contributed by atoms with van der Waals surface area (Å²) in [6.07, 6.45) is 47.1. The largest absolute Gasteiger partial charge is 0.480 e. The molecule has 0 fully saturated rings. The van der Waals surface area contributed by atoms with Crippen molar-refractivity contribution in [2.45, 2.75) is 264 Å². The lowest BCUT2D eigenvalue weighted by molar-refractivity contribution is -0.150. The van der Waals surface area contributed by atoms with Crippen molar-refractivity contribution in [3.8, 4) is 0 Å². The second-order valence-corrected chi connectivity index (χ2v) is 16.2. The van der Waals surface area contributed by atoms with E-state index in [-0.39, 0.29) is 18.0 Å². The molecule has 0 heterocycles. The number of nitrogens with one attached hydrogen (secondary N) is 1. The van der Waals surface area contributed by atoms with E-state index in [2.05, 4.69) is 31.3 Å². The molecule has 0 radical (unpaired) electrons. The van der Waals surface area contributed by atoms with Gasteiger partial charge in [0.2, 0.25) is 5.91 Å². The van der Waals surface area contributed by atoms with Crippen LogP contribution in [-0.4, -0.2) is 41.6 Å².